The Morgan fingerprint density at radius 2 is 1.73 bits per heavy atom. The number of hydrogen-bond acceptors (Lipinski definition) is 5. The SMILES string of the molecule is COc1cc(/C=N\NC(=O)C[C@H](NS(=O)(=O)c2ccc(C)cc2)c2ccccc2)ccc1C. The van der Waals surface area contributed by atoms with Gasteiger partial charge in [0, 0.05) is 6.42 Å². The molecule has 0 aromatic heterocycles. The number of carbonyl (C=O) groups excluding carboxylic acids is 1. The van der Waals surface area contributed by atoms with Gasteiger partial charge in [0.1, 0.15) is 5.75 Å². The van der Waals surface area contributed by atoms with Crippen molar-refractivity contribution in [2.75, 3.05) is 7.11 Å². The van der Waals surface area contributed by atoms with Gasteiger partial charge in [0.25, 0.3) is 0 Å². The van der Waals surface area contributed by atoms with Crippen LogP contribution >= 0.6 is 0 Å². The second-order valence-electron chi connectivity index (χ2n) is 7.62. The van der Waals surface area contributed by atoms with E-state index in [9.17, 15) is 13.2 Å². The fourth-order valence-corrected chi connectivity index (χ4v) is 4.44. The maximum Gasteiger partial charge on any atom is 0.242 e. The van der Waals surface area contributed by atoms with Crippen molar-refractivity contribution in [2.24, 2.45) is 5.10 Å². The zero-order valence-corrected chi connectivity index (χ0v) is 19.6. The van der Waals surface area contributed by atoms with E-state index in [0.29, 0.717) is 5.56 Å². The highest BCUT2D eigenvalue weighted by Gasteiger charge is 2.23. The predicted octanol–water partition coefficient (Wildman–Crippen LogP) is 3.87. The molecule has 0 aliphatic rings. The summed E-state index contributed by atoms with van der Waals surface area (Å²) in [5.41, 5.74) is 5.86. The molecule has 0 heterocycles. The minimum atomic E-state index is -3.83. The highest BCUT2D eigenvalue weighted by atomic mass is 32.2. The molecule has 3 aromatic carbocycles. The summed E-state index contributed by atoms with van der Waals surface area (Å²) in [7, 11) is -2.24. The minimum Gasteiger partial charge on any atom is -0.496 e. The van der Waals surface area contributed by atoms with E-state index in [0.717, 1.165) is 22.4 Å². The van der Waals surface area contributed by atoms with Gasteiger partial charge in [0.15, 0.2) is 0 Å². The lowest BCUT2D eigenvalue weighted by Crippen LogP contribution is -2.32. The molecule has 0 fully saturated rings. The predicted molar refractivity (Wildman–Crippen MR) is 129 cm³/mol. The van der Waals surface area contributed by atoms with E-state index in [2.05, 4.69) is 15.2 Å². The van der Waals surface area contributed by atoms with Crippen molar-refractivity contribution in [3.8, 4) is 5.75 Å². The molecular formula is C25H27N3O4S. The van der Waals surface area contributed by atoms with Gasteiger partial charge in [-0.05, 0) is 48.7 Å². The van der Waals surface area contributed by atoms with E-state index < -0.39 is 22.0 Å². The highest BCUT2D eigenvalue weighted by Crippen LogP contribution is 2.21. The average molecular weight is 466 g/mol. The Morgan fingerprint density at radius 3 is 2.39 bits per heavy atom. The van der Waals surface area contributed by atoms with Gasteiger partial charge in [-0.2, -0.15) is 5.10 Å². The lowest BCUT2D eigenvalue weighted by molar-refractivity contribution is -0.121. The topological polar surface area (TPSA) is 96.9 Å². The number of nitrogens with zero attached hydrogens (tertiary/aromatic N) is 1. The molecule has 3 aromatic rings. The first kappa shape index (κ1) is 24.2. The first-order valence-corrected chi connectivity index (χ1v) is 11.9. The summed E-state index contributed by atoms with van der Waals surface area (Å²) in [5, 5.41) is 4.00. The van der Waals surface area contributed by atoms with Crippen molar-refractivity contribution in [2.45, 2.75) is 31.2 Å². The van der Waals surface area contributed by atoms with Crippen LogP contribution in [0.25, 0.3) is 0 Å². The van der Waals surface area contributed by atoms with E-state index >= 15 is 0 Å². The van der Waals surface area contributed by atoms with Gasteiger partial charge in [0.2, 0.25) is 15.9 Å². The zero-order chi connectivity index (χ0) is 23.8. The van der Waals surface area contributed by atoms with Crippen LogP contribution < -0.4 is 14.9 Å². The summed E-state index contributed by atoms with van der Waals surface area (Å²) in [4.78, 5) is 12.7. The Bertz CT molecular complexity index is 1220. The standard InChI is InChI=1S/C25H27N3O4S/c1-18-9-13-22(14-10-18)33(30,31)28-23(21-7-5-4-6-8-21)16-25(29)27-26-17-20-12-11-19(2)24(15-20)32-3/h4-15,17,23,28H,16H2,1-3H3,(H,27,29)/b26-17-/t23-/m0/s1. The second kappa shape index (κ2) is 10.9. The molecule has 8 heteroatoms. The maximum absolute atomic E-state index is 12.9. The minimum absolute atomic E-state index is 0.121. The number of benzene rings is 3. The number of hydrogen-bond donors (Lipinski definition) is 2. The molecular weight excluding hydrogens is 438 g/mol. The molecule has 0 radical (unpaired) electrons. The molecule has 0 saturated heterocycles. The lowest BCUT2D eigenvalue weighted by Gasteiger charge is -2.18. The van der Waals surface area contributed by atoms with Gasteiger partial charge in [-0.25, -0.2) is 18.6 Å². The Morgan fingerprint density at radius 1 is 1.03 bits per heavy atom. The maximum atomic E-state index is 12.9. The molecule has 172 valence electrons. The van der Waals surface area contributed by atoms with Crippen LogP contribution in [0.3, 0.4) is 0 Å². The molecule has 3 rings (SSSR count). The summed E-state index contributed by atoms with van der Waals surface area (Å²) >= 11 is 0. The van der Waals surface area contributed by atoms with Gasteiger partial charge in [0.05, 0.1) is 24.3 Å². The first-order chi connectivity index (χ1) is 15.8. The molecule has 0 aliphatic heterocycles. The number of rotatable bonds is 9. The quantitative estimate of drug-likeness (QED) is 0.370. The lowest BCUT2D eigenvalue weighted by atomic mass is 10.0. The Kier molecular flexibility index (Phi) is 7.97. The average Bonchev–Trinajstić information content (AvgIpc) is 2.80. The third-order valence-corrected chi connectivity index (χ3v) is 6.54. The number of carbonyl (C=O) groups is 1. The fourth-order valence-electron chi connectivity index (χ4n) is 3.21. The van der Waals surface area contributed by atoms with Crippen molar-refractivity contribution < 1.29 is 17.9 Å². The summed E-state index contributed by atoms with van der Waals surface area (Å²) in [5.74, 6) is 0.297. The van der Waals surface area contributed by atoms with Crippen molar-refractivity contribution in [3.63, 3.8) is 0 Å². The monoisotopic (exact) mass is 465 g/mol. The van der Waals surface area contributed by atoms with Gasteiger partial charge in [-0.3, -0.25) is 4.79 Å². The van der Waals surface area contributed by atoms with Crippen molar-refractivity contribution in [3.05, 3.63) is 95.1 Å². The third-order valence-electron chi connectivity index (χ3n) is 5.06. The summed E-state index contributed by atoms with van der Waals surface area (Å²) < 4.78 is 33.8. The second-order valence-corrected chi connectivity index (χ2v) is 9.34. The number of nitrogens with one attached hydrogen (secondary N) is 2. The van der Waals surface area contributed by atoms with Crippen LogP contribution in [-0.2, 0) is 14.8 Å². The van der Waals surface area contributed by atoms with Crippen LogP contribution in [0.5, 0.6) is 5.75 Å². The molecule has 0 aliphatic carbocycles. The van der Waals surface area contributed by atoms with E-state index in [-0.39, 0.29) is 11.3 Å². The van der Waals surface area contributed by atoms with Gasteiger partial charge < -0.3 is 4.74 Å². The van der Waals surface area contributed by atoms with E-state index in [1.807, 2.05) is 38.1 Å². The van der Waals surface area contributed by atoms with Gasteiger partial charge in [-0.15, -0.1) is 0 Å². The van der Waals surface area contributed by atoms with Crippen molar-refractivity contribution in [1.29, 1.82) is 0 Å². The van der Waals surface area contributed by atoms with Crippen LogP contribution in [0, 0.1) is 13.8 Å². The van der Waals surface area contributed by atoms with E-state index in [4.69, 9.17) is 4.74 Å². The summed E-state index contributed by atoms with van der Waals surface area (Å²) in [6, 6.07) is 20.3. The molecule has 0 bridgehead atoms. The number of ether oxygens (including phenoxy) is 1. The number of sulfonamides is 1. The fraction of sp³-hybridized carbons (Fsp3) is 0.200. The molecule has 7 nitrogen and oxygen atoms in total. The largest absolute Gasteiger partial charge is 0.496 e. The summed E-state index contributed by atoms with van der Waals surface area (Å²) in [6.07, 6.45) is 1.39. The first-order valence-electron chi connectivity index (χ1n) is 10.4. The molecule has 1 atom stereocenters. The van der Waals surface area contributed by atoms with Crippen molar-refractivity contribution >= 4 is 22.1 Å². The number of aryl methyl sites for hydroxylation is 2. The smallest absolute Gasteiger partial charge is 0.242 e. The van der Waals surface area contributed by atoms with Gasteiger partial charge >= 0.3 is 0 Å². The van der Waals surface area contributed by atoms with E-state index in [1.165, 1.54) is 6.21 Å². The molecule has 2 N–H and O–H groups in total. The molecule has 1 amide bonds. The Balaban J connectivity index is 1.72. The summed E-state index contributed by atoms with van der Waals surface area (Å²) in [6.45, 7) is 3.82. The zero-order valence-electron chi connectivity index (χ0n) is 18.8. The normalized spacial score (nSPS) is 12.5. The Labute approximate surface area is 194 Å². The molecule has 33 heavy (non-hydrogen) atoms. The van der Waals surface area contributed by atoms with Crippen LogP contribution in [0.1, 0.15) is 34.7 Å². The number of hydrazone groups is 1. The Hall–Kier alpha value is -3.49. The van der Waals surface area contributed by atoms with Gasteiger partial charge in [-0.1, -0.05) is 60.2 Å². The number of amides is 1. The van der Waals surface area contributed by atoms with E-state index in [1.54, 1.807) is 55.6 Å². The van der Waals surface area contributed by atoms with Crippen LogP contribution in [0.4, 0.5) is 0 Å². The third kappa shape index (κ3) is 6.74. The molecule has 0 unspecified atom stereocenters. The highest BCUT2D eigenvalue weighted by molar-refractivity contribution is 7.89. The molecule has 0 spiro atoms. The number of methoxy groups -OCH3 is 1. The van der Waals surface area contributed by atoms with Crippen LogP contribution in [-0.4, -0.2) is 27.6 Å². The van der Waals surface area contributed by atoms with Crippen molar-refractivity contribution in [1.82, 2.24) is 10.1 Å². The molecule has 0 saturated carbocycles. The van der Waals surface area contributed by atoms with Crippen LogP contribution in [0.2, 0.25) is 0 Å². The van der Waals surface area contributed by atoms with Crippen LogP contribution in [0.15, 0.2) is 82.8 Å².